The molecule has 1 unspecified atom stereocenters. The van der Waals surface area contributed by atoms with Gasteiger partial charge in [0, 0.05) is 19.3 Å². The summed E-state index contributed by atoms with van der Waals surface area (Å²) in [6, 6.07) is 0. The average Bonchev–Trinajstić information content (AvgIpc) is 2.78. The number of nitrogens with zero attached hydrogens (tertiary/aromatic N) is 3. The minimum Gasteiger partial charge on any atom is -0.312 e. The summed E-state index contributed by atoms with van der Waals surface area (Å²) in [4.78, 5) is 14.7. The first-order valence-corrected chi connectivity index (χ1v) is 7.67. The van der Waals surface area contributed by atoms with Crippen molar-refractivity contribution < 1.29 is 4.79 Å². The highest BCUT2D eigenvalue weighted by atomic mass is 79.9. The number of halogens is 1. The van der Waals surface area contributed by atoms with Crippen LogP contribution in [0.5, 0.6) is 0 Å². The number of allylic oxidation sites excluding steroid dienone is 2. The van der Waals surface area contributed by atoms with E-state index < -0.39 is 0 Å². The van der Waals surface area contributed by atoms with Gasteiger partial charge in [-0.1, -0.05) is 6.08 Å². The van der Waals surface area contributed by atoms with Crippen LogP contribution in [0.4, 0.5) is 0 Å². The summed E-state index contributed by atoms with van der Waals surface area (Å²) in [6.07, 6.45) is 9.82. The quantitative estimate of drug-likeness (QED) is 0.796. The summed E-state index contributed by atoms with van der Waals surface area (Å²) in [5.41, 5.74) is 1.91. The van der Waals surface area contributed by atoms with Gasteiger partial charge in [-0.2, -0.15) is 5.10 Å². The summed E-state index contributed by atoms with van der Waals surface area (Å²) in [6.45, 7) is 0.836. The van der Waals surface area contributed by atoms with E-state index in [-0.39, 0.29) is 5.91 Å². The Bertz CT molecular complexity index is 535. The molecule has 1 aliphatic carbocycles. The van der Waals surface area contributed by atoms with Crippen LogP contribution >= 0.6 is 15.9 Å². The van der Waals surface area contributed by atoms with Crippen LogP contribution in [-0.4, -0.2) is 27.1 Å². The zero-order valence-electron chi connectivity index (χ0n) is 11.1. The molecular weight excluding hydrogens is 306 g/mol. The molecule has 1 aromatic heterocycles. The van der Waals surface area contributed by atoms with Gasteiger partial charge in [-0.3, -0.25) is 9.48 Å². The largest absolute Gasteiger partial charge is 0.312 e. The molecule has 1 atom stereocenters. The Morgan fingerprint density at radius 1 is 1.42 bits per heavy atom. The van der Waals surface area contributed by atoms with E-state index in [1.807, 2.05) is 11.9 Å². The van der Waals surface area contributed by atoms with Crippen molar-refractivity contribution in [1.29, 1.82) is 0 Å². The lowest BCUT2D eigenvalue weighted by molar-refractivity contribution is 0.0748. The molecule has 1 saturated heterocycles. The van der Waals surface area contributed by atoms with Gasteiger partial charge in [0.2, 0.25) is 0 Å². The van der Waals surface area contributed by atoms with E-state index in [1.54, 1.807) is 10.9 Å². The SMILES string of the molecule is Cn1ncc(C(=O)N2CCCC3CCCC=C32)c1Br. The van der Waals surface area contributed by atoms with Gasteiger partial charge in [-0.15, -0.1) is 0 Å². The number of piperidine rings is 1. The molecule has 4 nitrogen and oxygen atoms in total. The van der Waals surface area contributed by atoms with E-state index >= 15 is 0 Å². The first-order chi connectivity index (χ1) is 9.18. The fraction of sp³-hybridized carbons (Fsp3) is 0.571. The third-order valence-corrected chi connectivity index (χ3v) is 5.06. The summed E-state index contributed by atoms with van der Waals surface area (Å²) in [5, 5.41) is 4.14. The molecule has 1 aliphatic heterocycles. The highest BCUT2D eigenvalue weighted by Crippen LogP contribution is 2.36. The summed E-state index contributed by atoms with van der Waals surface area (Å²) in [7, 11) is 1.83. The summed E-state index contributed by atoms with van der Waals surface area (Å²) >= 11 is 3.44. The van der Waals surface area contributed by atoms with Crippen molar-refractivity contribution in [2.75, 3.05) is 6.54 Å². The first kappa shape index (κ1) is 12.9. The molecule has 1 fully saturated rings. The molecule has 0 spiro atoms. The van der Waals surface area contributed by atoms with Crippen molar-refractivity contribution in [1.82, 2.24) is 14.7 Å². The minimum atomic E-state index is 0.0813. The number of likely N-dealkylation sites (tertiary alicyclic amines) is 1. The van der Waals surface area contributed by atoms with Gasteiger partial charge >= 0.3 is 0 Å². The predicted molar refractivity (Wildman–Crippen MR) is 76.6 cm³/mol. The Morgan fingerprint density at radius 3 is 2.95 bits per heavy atom. The number of fused-ring (bicyclic) bond motifs is 1. The Hall–Kier alpha value is -1.10. The number of carbonyl (C=O) groups excluding carboxylic acids is 1. The molecule has 0 bridgehead atoms. The maximum atomic E-state index is 12.7. The van der Waals surface area contributed by atoms with Gasteiger partial charge < -0.3 is 4.90 Å². The fourth-order valence-electron chi connectivity index (χ4n) is 3.11. The predicted octanol–water partition coefficient (Wildman–Crippen LogP) is 3.10. The van der Waals surface area contributed by atoms with Gasteiger partial charge in [0.15, 0.2) is 0 Å². The number of aromatic nitrogens is 2. The second-order valence-corrected chi connectivity index (χ2v) is 6.08. The molecule has 2 heterocycles. The lowest BCUT2D eigenvalue weighted by Crippen LogP contribution is -2.39. The number of hydrogen-bond donors (Lipinski definition) is 0. The Labute approximate surface area is 121 Å². The van der Waals surface area contributed by atoms with Crippen LogP contribution in [-0.2, 0) is 7.05 Å². The third kappa shape index (κ3) is 2.24. The number of rotatable bonds is 1. The molecule has 19 heavy (non-hydrogen) atoms. The zero-order chi connectivity index (χ0) is 13.4. The summed E-state index contributed by atoms with van der Waals surface area (Å²) in [5.74, 6) is 0.666. The van der Waals surface area contributed by atoms with E-state index in [0.717, 1.165) is 24.0 Å². The maximum absolute atomic E-state index is 12.7. The van der Waals surface area contributed by atoms with Crippen LogP contribution in [0.3, 0.4) is 0 Å². The molecule has 5 heteroatoms. The lowest BCUT2D eigenvalue weighted by atomic mass is 9.85. The van der Waals surface area contributed by atoms with Crippen molar-refractivity contribution >= 4 is 21.8 Å². The molecule has 2 aliphatic rings. The van der Waals surface area contributed by atoms with Crippen LogP contribution in [0.25, 0.3) is 0 Å². The summed E-state index contributed by atoms with van der Waals surface area (Å²) < 4.78 is 2.44. The van der Waals surface area contributed by atoms with Crippen molar-refractivity contribution in [2.24, 2.45) is 13.0 Å². The minimum absolute atomic E-state index is 0.0813. The van der Waals surface area contributed by atoms with E-state index in [0.29, 0.717) is 11.5 Å². The van der Waals surface area contributed by atoms with Crippen molar-refractivity contribution in [3.8, 4) is 0 Å². The highest BCUT2D eigenvalue weighted by molar-refractivity contribution is 9.10. The van der Waals surface area contributed by atoms with E-state index in [9.17, 15) is 4.79 Å². The van der Waals surface area contributed by atoms with Gasteiger partial charge in [0.25, 0.3) is 5.91 Å². The zero-order valence-corrected chi connectivity index (χ0v) is 12.7. The van der Waals surface area contributed by atoms with Gasteiger partial charge in [-0.05, 0) is 54.0 Å². The molecular formula is C14H18BrN3O. The maximum Gasteiger partial charge on any atom is 0.262 e. The lowest BCUT2D eigenvalue weighted by Gasteiger charge is -2.37. The molecule has 0 aromatic carbocycles. The Balaban J connectivity index is 1.90. The fourth-order valence-corrected chi connectivity index (χ4v) is 3.47. The van der Waals surface area contributed by atoms with E-state index in [2.05, 4.69) is 27.1 Å². The number of amides is 1. The normalized spacial score (nSPS) is 22.9. The molecule has 102 valence electrons. The number of carbonyl (C=O) groups is 1. The van der Waals surface area contributed by atoms with E-state index in [1.165, 1.54) is 25.0 Å². The van der Waals surface area contributed by atoms with Crippen molar-refractivity contribution in [3.63, 3.8) is 0 Å². The van der Waals surface area contributed by atoms with Crippen LogP contribution < -0.4 is 0 Å². The van der Waals surface area contributed by atoms with Crippen LogP contribution in [0.2, 0.25) is 0 Å². The van der Waals surface area contributed by atoms with Gasteiger partial charge in [0.05, 0.1) is 11.8 Å². The van der Waals surface area contributed by atoms with Crippen LogP contribution in [0.1, 0.15) is 42.5 Å². The molecule has 0 saturated carbocycles. The van der Waals surface area contributed by atoms with Crippen LogP contribution in [0.15, 0.2) is 22.6 Å². The Morgan fingerprint density at radius 2 is 2.21 bits per heavy atom. The topological polar surface area (TPSA) is 38.1 Å². The van der Waals surface area contributed by atoms with E-state index in [4.69, 9.17) is 0 Å². The number of hydrogen-bond acceptors (Lipinski definition) is 2. The molecule has 0 radical (unpaired) electrons. The third-order valence-electron chi connectivity index (χ3n) is 4.12. The second-order valence-electron chi connectivity index (χ2n) is 5.33. The average molecular weight is 324 g/mol. The number of aryl methyl sites for hydroxylation is 1. The first-order valence-electron chi connectivity index (χ1n) is 6.88. The van der Waals surface area contributed by atoms with Gasteiger partial charge in [-0.25, -0.2) is 0 Å². The second kappa shape index (κ2) is 5.12. The molecule has 3 rings (SSSR count). The molecule has 1 amide bonds. The Kier molecular flexibility index (Phi) is 3.48. The van der Waals surface area contributed by atoms with Crippen LogP contribution in [0, 0.1) is 5.92 Å². The molecule has 0 N–H and O–H groups in total. The standard InChI is InChI=1S/C14H18BrN3O/c1-17-13(15)11(9-16-17)14(19)18-8-4-6-10-5-2-3-7-12(10)18/h7,9-10H,2-6,8H2,1H3. The van der Waals surface area contributed by atoms with Crippen molar-refractivity contribution in [2.45, 2.75) is 32.1 Å². The monoisotopic (exact) mass is 323 g/mol. The van der Waals surface area contributed by atoms with Crippen molar-refractivity contribution in [3.05, 3.63) is 28.1 Å². The van der Waals surface area contributed by atoms with Gasteiger partial charge in [0.1, 0.15) is 4.60 Å². The molecule has 1 aromatic rings. The highest BCUT2D eigenvalue weighted by Gasteiger charge is 2.32. The smallest absolute Gasteiger partial charge is 0.262 e.